The van der Waals surface area contributed by atoms with E-state index in [1.807, 2.05) is 12.1 Å². The molecule has 0 spiro atoms. The van der Waals surface area contributed by atoms with Crippen LogP contribution in [-0.4, -0.2) is 31.5 Å². The van der Waals surface area contributed by atoms with Gasteiger partial charge in [0.15, 0.2) is 6.61 Å². The van der Waals surface area contributed by atoms with Gasteiger partial charge in [-0.1, -0.05) is 43.0 Å². The van der Waals surface area contributed by atoms with Crippen LogP contribution in [0.2, 0.25) is 5.02 Å². The first-order chi connectivity index (χ1) is 13.5. The molecule has 0 heterocycles. The van der Waals surface area contributed by atoms with E-state index in [2.05, 4.69) is 5.32 Å². The van der Waals surface area contributed by atoms with E-state index in [1.54, 1.807) is 43.4 Å². The van der Waals surface area contributed by atoms with Crippen LogP contribution in [0.1, 0.15) is 42.5 Å². The summed E-state index contributed by atoms with van der Waals surface area (Å²) in [5.74, 6) is 0.183. The molecule has 2 aromatic rings. The number of anilines is 1. The molecule has 0 saturated heterocycles. The highest BCUT2D eigenvalue weighted by Crippen LogP contribution is 2.22. The zero-order valence-electron chi connectivity index (χ0n) is 16.0. The van der Waals surface area contributed by atoms with Gasteiger partial charge in [0, 0.05) is 18.1 Å². The first-order valence-electron chi connectivity index (χ1n) is 9.59. The second-order valence-corrected chi connectivity index (χ2v) is 7.46. The smallest absolute Gasteiger partial charge is 0.264 e. The highest BCUT2D eigenvalue weighted by Gasteiger charge is 2.21. The van der Waals surface area contributed by atoms with Crippen LogP contribution in [0.5, 0.6) is 5.75 Å². The van der Waals surface area contributed by atoms with Gasteiger partial charge < -0.3 is 15.0 Å². The lowest BCUT2D eigenvalue weighted by Gasteiger charge is -2.25. The van der Waals surface area contributed by atoms with Crippen LogP contribution in [-0.2, 0) is 4.79 Å². The number of carbonyl (C=O) groups excluding carboxylic acids is 2. The van der Waals surface area contributed by atoms with Gasteiger partial charge in [-0.05, 0) is 49.2 Å². The molecule has 6 heteroatoms. The van der Waals surface area contributed by atoms with E-state index in [-0.39, 0.29) is 24.5 Å². The molecule has 2 aromatic carbocycles. The van der Waals surface area contributed by atoms with E-state index < -0.39 is 0 Å². The van der Waals surface area contributed by atoms with Gasteiger partial charge in [0.05, 0.1) is 11.3 Å². The number of carbonyl (C=O) groups is 2. The van der Waals surface area contributed by atoms with Crippen LogP contribution in [0.25, 0.3) is 0 Å². The fourth-order valence-corrected chi connectivity index (χ4v) is 3.50. The highest BCUT2D eigenvalue weighted by molar-refractivity contribution is 6.30. The third-order valence-corrected chi connectivity index (χ3v) is 5.25. The van der Waals surface area contributed by atoms with E-state index in [9.17, 15) is 9.59 Å². The number of hydrogen-bond donors (Lipinski definition) is 1. The molecule has 1 aliphatic carbocycles. The van der Waals surface area contributed by atoms with Gasteiger partial charge in [-0.25, -0.2) is 0 Å². The quantitative estimate of drug-likeness (QED) is 0.779. The molecule has 1 N–H and O–H groups in total. The Morgan fingerprint density at radius 1 is 1.07 bits per heavy atom. The Morgan fingerprint density at radius 2 is 1.75 bits per heavy atom. The van der Waals surface area contributed by atoms with Gasteiger partial charge in [-0.3, -0.25) is 9.59 Å². The summed E-state index contributed by atoms with van der Waals surface area (Å²) in [6, 6.07) is 14.2. The van der Waals surface area contributed by atoms with Crippen molar-refractivity contribution in [3.05, 3.63) is 59.1 Å². The summed E-state index contributed by atoms with van der Waals surface area (Å²) in [6.45, 7) is -0.128. The van der Waals surface area contributed by atoms with Crippen molar-refractivity contribution >= 4 is 29.1 Å². The molecule has 0 unspecified atom stereocenters. The standard InChI is InChI=1S/C22H25ClN2O3/c1-25(21(26)15-28-18-13-11-16(23)12-14-18)20-10-6-5-9-19(20)22(27)24-17-7-3-2-4-8-17/h5-6,9-14,17H,2-4,7-8,15H2,1H3,(H,24,27). The second-order valence-electron chi connectivity index (χ2n) is 7.02. The molecule has 2 amide bonds. The topological polar surface area (TPSA) is 58.6 Å². The molecular weight excluding hydrogens is 376 g/mol. The lowest BCUT2D eigenvalue weighted by Crippen LogP contribution is -2.38. The number of hydrogen-bond acceptors (Lipinski definition) is 3. The molecule has 0 radical (unpaired) electrons. The average Bonchev–Trinajstić information content (AvgIpc) is 2.73. The molecule has 0 atom stereocenters. The van der Waals surface area contributed by atoms with Crippen LogP contribution >= 0.6 is 11.6 Å². The summed E-state index contributed by atoms with van der Waals surface area (Å²) in [5.41, 5.74) is 1.07. The van der Waals surface area contributed by atoms with Crippen LogP contribution < -0.4 is 15.0 Å². The van der Waals surface area contributed by atoms with Gasteiger partial charge in [0.25, 0.3) is 11.8 Å². The number of amides is 2. The number of nitrogens with zero attached hydrogens (tertiary/aromatic N) is 1. The summed E-state index contributed by atoms with van der Waals surface area (Å²) in [4.78, 5) is 26.8. The summed E-state index contributed by atoms with van der Waals surface area (Å²) < 4.78 is 5.54. The Labute approximate surface area is 170 Å². The van der Waals surface area contributed by atoms with Gasteiger partial charge in [-0.2, -0.15) is 0 Å². The normalized spacial score (nSPS) is 14.4. The number of para-hydroxylation sites is 1. The number of rotatable bonds is 6. The van der Waals surface area contributed by atoms with Gasteiger partial charge in [0.1, 0.15) is 5.75 Å². The van der Waals surface area contributed by atoms with E-state index in [4.69, 9.17) is 16.3 Å². The largest absolute Gasteiger partial charge is 0.484 e. The molecule has 148 valence electrons. The first-order valence-corrected chi connectivity index (χ1v) is 9.97. The van der Waals surface area contributed by atoms with Crippen molar-refractivity contribution in [3.8, 4) is 5.75 Å². The van der Waals surface area contributed by atoms with Crippen LogP contribution in [0.15, 0.2) is 48.5 Å². The summed E-state index contributed by atoms with van der Waals surface area (Å²) in [6.07, 6.45) is 5.54. The maximum absolute atomic E-state index is 12.8. The zero-order chi connectivity index (χ0) is 19.9. The fourth-order valence-electron chi connectivity index (χ4n) is 3.38. The van der Waals surface area contributed by atoms with Crippen LogP contribution in [0.3, 0.4) is 0 Å². The molecule has 0 aliphatic heterocycles. The number of ether oxygens (including phenoxy) is 1. The minimum Gasteiger partial charge on any atom is -0.484 e. The Kier molecular flexibility index (Phi) is 6.93. The second kappa shape index (κ2) is 9.60. The third-order valence-electron chi connectivity index (χ3n) is 5.00. The zero-order valence-corrected chi connectivity index (χ0v) is 16.7. The minimum absolute atomic E-state index is 0.128. The Hall–Kier alpha value is -2.53. The Balaban J connectivity index is 1.65. The average molecular weight is 401 g/mol. The summed E-state index contributed by atoms with van der Waals surface area (Å²) >= 11 is 5.85. The van der Waals surface area contributed by atoms with Crippen molar-refractivity contribution in [3.63, 3.8) is 0 Å². The van der Waals surface area contributed by atoms with Crippen molar-refractivity contribution in [1.29, 1.82) is 0 Å². The molecule has 1 aliphatic rings. The highest BCUT2D eigenvalue weighted by atomic mass is 35.5. The van der Waals surface area contributed by atoms with Crippen molar-refractivity contribution < 1.29 is 14.3 Å². The fraction of sp³-hybridized carbons (Fsp3) is 0.364. The van der Waals surface area contributed by atoms with E-state index in [0.717, 1.165) is 25.7 Å². The maximum atomic E-state index is 12.8. The van der Waals surface area contributed by atoms with Crippen LogP contribution in [0, 0.1) is 0 Å². The summed E-state index contributed by atoms with van der Waals surface area (Å²) in [7, 11) is 1.65. The van der Waals surface area contributed by atoms with E-state index in [0.29, 0.717) is 22.0 Å². The number of benzene rings is 2. The van der Waals surface area contributed by atoms with Crippen LogP contribution in [0.4, 0.5) is 5.69 Å². The predicted octanol–water partition coefficient (Wildman–Crippen LogP) is 4.44. The lowest BCUT2D eigenvalue weighted by atomic mass is 9.95. The van der Waals surface area contributed by atoms with Crippen molar-refractivity contribution in [2.45, 2.75) is 38.1 Å². The molecule has 0 aromatic heterocycles. The molecule has 5 nitrogen and oxygen atoms in total. The number of nitrogens with one attached hydrogen (secondary N) is 1. The lowest BCUT2D eigenvalue weighted by molar-refractivity contribution is -0.120. The van der Waals surface area contributed by atoms with Gasteiger partial charge >= 0.3 is 0 Å². The summed E-state index contributed by atoms with van der Waals surface area (Å²) in [5, 5.41) is 3.72. The van der Waals surface area contributed by atoms with Gasteiger partial charge in [-0.15, -0.1) is 0 Å². The third kappa shape index (κ3) is 5.26. The molecule has 3 rings (SSSR count). The van der Waals surface area contributed by atoms with Crippen molar-refractivity contribution in [2.75, 3.05) is 18.6 Å². The van der Waals surface area contributed by atoms with E-state index in [1.165, 1.54) is 11.3 Å². The van der Waals surface area contributed by atoms with E-state index >= 15 is 0 Å². The molecule has 28 heavy (non-hydrogen) atoms. The maximum Gasteiger partial charge on any atom is 0.264 e. The predicted molar refractivity (Wildman–Crippen MR) is 111 cm³/mol. The molecule has 1 saturated carbocycles. The molecular formula is C22H25ClN2O3. The van der Waals surface area contributed by atoms with Crippen molar-refractivity contribution in [1.82, 2.24) is 5.32 Å². The SMILES string of the molecule is CN(C(=O)COc1ccc(Cl)cc1)c1ccccc1C(=O)NC1CCCCC1. The minimum atomic E-state index is -0.243. The molecule has 1 fully saturated rings. The number of likely N-dealkylation sites (N-methyl/N-ethyl adjacent to an activating group) is 1. The van der Waals surface area contributed by atoms with Crippen molar-refractivity contribution in [2.24, 2.45) is 0 Å². The first kappa shape index (κ1) is 20.2. The number of halogens is 1. The molecule has 0 bridgehead atoms. The Bertz CT molecular complexity index is 817. The monoisotopic (exact) mass is 400 g/mol. The Morgan fingerprint density at radius 3 is 2.46 bits per heavy atom. The van der Waals surface area contributed by atoms with Gasteiger partial charge in [0.2, 0.25) is 0 Å².